The number of nitrogens with one attached hydrogen (secondary N) is 2. The first-order valence-electron chi connectivity index (χ1n) is 10.1. The van der Waals surface area contributed by atoms with Crippen LogP contribution in [0.4, 0.5) is 0 Å². The third kappa shape index (κ3) is 7.72. The van der Waals surface area contributed by atoms with E-state index in [-0.39, 0.29) is 11.9 Å². The van der Waals surface area contributed by atoms with Crippen LogP contribution in [0.5, 0.6) is 5.75 Å². The van der Waals surface area contributed by atoms with Gasteiger partial charge in [-0.1, -0.05) is 12.8 Å². The molecule has 0 radical (unpaired) electrons. The Labute approximate surface area is 177 Å². The van der Waals surface area contributed by atoms with Crippen LogP contribution in [0.1, 0.15) is 64.0 Å². The fourth-order valence-electron chi connectivity index (χ4n) is 3.12. The lowest BCUT2D eigenvalue weighted by molar-refractivity contribution is -0.154. The number of ether oxygens (including phenoxy) is 2. The minimum Gasteiger partial charge on any atom is -0.480 e. The second-order valence-corrected chi connectivity index (χ2v) is 9.02. The molecule has 0 bridgehead atoms. The van der Waals surface area contributed by atoms with E-state index in [0.29, 0.717) is 24.4 Å². The average molecular weight is 421 g/mol. The van der Waals surface area contributed by atoms with Gasteiger partial charge < -0.3 is 14.8 Å². The molecule has 2 rings (SSSR count). The molecule has 29 heavy (non-hydrogen) atoms. The van der Waals surface area contributed by atoms with Crippen molar-refractivity contribution in [3.8, 4) is 5.75 Å². The minimum atomic E-state index is -0.504. The maximum Gasteiger partial charge on any atom is 0.306 e. The van der Waals surface area contributed by atoms with Crippen LogP contribution in [-0.2, 0) is 20.7 Å². The summed E-state index contributed by atoms with van der Waals surface area (Å²) in [6, 6.07) is 5.63. The van der Waals surface area contributed by atoms with Crippen LogP contribution in [0.2, 0.25) is 0 Å². The number of carbonyl (C=O) groups excluding carboxylic acids is 2. The van der Waals surface area contributed by atoms with E-state index < -0.39 is 11.7 Å². The summed E-state index contributed by atoms with van der Waals surface area (Å²) in [5.41, 5.74) is 1.40. The molecule has 0 spiro atoms. The first-order valence-corrected chi connectivity index (χ1v) is 11.3. The molecular formula is C22H32N2O4S. The van der Waals surface area contributed by atoms with Gasteiger partial charge in [-0.2, -0.15) is 0 Å². The third-order valence-electron chi connectivity index (χ3n) is 4.52. The predicted molar refractivity (Wildman–Crippen MR) is 117 cm³/mol. The van der Waals surface area contributed by atoms with Crippen molar-refractivity contribution in [1.82, 2.24) is 5.32 Å². The predicted octanol–water partition coefficient (Wildman–Crippen LogP) is 4.09. The Balaban J connectivity index is 1.62. The number of thioether (sulfide) groups is 1. The number of hydrogen-bond donors (Lipinski definition) is 2. The first-order chi connectivity index (χ1) is 13.7. The second-order valence-electron chi connectivity index (χ2n) is 8.21. The van der Waals surface area contributed by atoms with E-state index in [0.717, 1.165) is 42.6 Å². The summed E-state index contributed by atoms with van der Waals surface area (Å²) in [6.45, 7) is 6.21. The molecule has 2 N–H and O–H groups in total. The molecule has 0 saturated carbocycles. The van der Waals surface area contributed by atoms with Crippen LogP contribution < -0.4 is 10.1 Å². The molecule has 1 aliphatic rings. The van der Waals surface area contributed by atoms with Gasteiger partial charge in [0.1, 0.15) is 11.4 Å². The quantitative estimate of drug-likeness (QED) is 0.272. The maximum absolute atomic E-state index is 12.4. The summed E-state index contributed by atoms with van der Waals surface area (Å²) in [5.74, 6) is 0.473. The molecule has 1 amide bonds. The Morgan fingerprint density at radius 3 is 2.66 bits per heavy atom. The van der Waals surface area contributed by atoms with Crippen LogP contribution in [0.15, 0.2) is 18.2 Å². The van der Waals surface area contributed by atoms with Gasteiger partial charge in [-0.05, 0) is 63.6 Å². The van der Waals surface area contributed by atoms with Gasteiger partial charge in [0.15, 0.2) is 6.10 Å². The van der Waals surface area contributed by atoms with Crippen molar-refractivity contribution >= 4 is 28.7 Å². The van der Waals surface area contributed by atoms with Crippen LogP contribution in [0, 0.1) is 5.41 Å². The van der Waals surface area contributed by atoms with Gasteiger partial charge in [-0.25, -0.2) is 0 Å². The zero-order chi connectivity index (χ0) is 21.4. The van der Waals surface area contributed by atoms with E-state index in [1.807, 2.05) is 45.2 Å². The Kier molecular flexibility index (Phi) is 8.56. The number of unbranched alkanes of at least 4 members (excludes halogenated alkanes) is 3. The molecule has 0 saturated heterocycles. The lowest BCUT2D eigenvalue weighted by atomic mass is 10.1. The lowest BCUT2D eigenvalue weighted by Crippen LogP contribution is -2.37. The zero-order valence-corrected chi connectivity index (χ0v) is 18.6. The molecule has 0 aromatic heterocycles. The summed E-state index contributed by atoms with van der Waals surface area (Å²) < 4.78 is 11.0. The first kappa shape index (κ1) is 23.3. The van der Waals surface area contributed by atoms with Crippen molar-refractivity contribution in [2.75, 3.05) is 12.8 Å². The topological polar surface area (TPSA) is 88.5 Å². The number of amides is 1. The number of hydrogen-bond acceptors (Lipinski definition) is 6. The van der Waals surface area contributed by atoms with Gasteiger partial charge in [-0.3, -0.25) is 15.0 Å². The van der Waals surface area contributed by atoms with Gasteiger partial charge in [0.25, 0.3) is 5.91 Å². The van der Waals surface area contributed by atoms with E-state index in [1.54, 1.807) is 0 Å². The van der Waals surface area contributed by atoms with Gasteiger partial charge in [0.05, 0.1) is 5.04 Å². The van der Waals surface area contributed by atoms with Gasteiger partial charge >= 0.3 is 5.97 Å². The second kappa shape index (κ2) is 10.7. The molecule has 7 heteroatoms. The van der Waals surface area contributed by atoms with Crippen LogP contribution >= 0.6 is 11.8 Å². The summed E-state index contributed by atoms with van der Waals surface area (Å²) >= 11 is 1.39. The van der Waals surface area contributed by atoms with E-state index in [1.165, 1.54) is 11.8 Å². The van der Waals surface area contributed by atoms with Gasteiger partial charge in [0, 0.05) is 24.9 Å². The molecule has 0 fully saturated rings. The van der Waals surface area contributed by atoms with E-state index in [4.69, 9.17) is 14.9 Å². The SMILES string of the molecule is CSC(=N)c1ccc2c(c1)CC(C(=O)NCCCCCCC(=O)OC(C)(C)C)O2. The van der Waals surface area contributed by atoms with Crippen molar-refractivity contribution < 1.29 is 19.1 Å². The molecule has 160 valence electrons. The normalized spacial score (nSPS) is 15.4. The minimum absolute atomic E-state index is 0.101. The summed E-state index contributed by atoms with van der Waals surface area (Å²) in [4.78, 5) is 24.0. The highest BCUT2D eigenvalue weighted by atomic mass is 32.2. The standard InChI is InChI=1S/C22H32N2O4S/c1-22(2,3)28-19(25)9-7-5-6-8-12-24-21(26)18-14-16-13-15(20(23)29-4)10-11-17(16)27-18/h10-11,13,18,23H,5-9,12,14H2,1-4H3,(H,24,26). The molecule has 0 aliphatic carbocycles. The van der Waals surface area contributed by atoms with E-state index in [9.17, 15) is 9.59 Å². The largest absolute Gasteiger partial charge is 0.480 e. The van der Waals surface area contributed by atoms with Crippen LogP contribution in [-0.4, -0.2) is 41.4 Å². The number of carbonyl (C=O) groups is 2. The summed E-state index contributed by atoms with van der Waals surface area (Å²) in [6.07, 6.45) is 5.90. The number of rotatable bonds is 9. The fourth-order valence-corrected chi connectivity index (χ4v) is 3.48. The smallest absolute Gasteiger partial charge is 0.306 e. The molecule has 1 atom stereocenters. The molecule has 1 heterocycles. The van der Waals surface area contributed by atoms with E-state index in [2.05, 4.69) is 5.32 Å². The van der Waals surface area contributed by atoms with Crippen molar-refractivity contribution in [2.45, 2.75) is 71.0 Å². The Bertz CT molecular complexity index is 743. The van der Waals surface area contributed by atoms with Crippen LogP contribution in [0.3, 0.4) is 0 Å². The fraction of sp³-hybridized carbons (Fsp3) is 0.591. The molecule has 1 aliphatic heterocycles. The van der Waals surface area contributed by atoms with Crippen molar-refractivity contribution in [3.05, 3.63) is 29.3 Å². The number of benzene rings is 1. The summed E-state index contributed by atoms with van der Waals surface area (Å²) in [5, 5.41) is 11.4. The third-order valence-corrected chi connectivity index (χ3v) is 5.16. The van der Waals surface area contributed by atoms with Crippen LogP contribution in [0.25, 0.3) is 0 Å². The molecule has 6 nitrogen and oxygen atoms in total. The maximum atomic E-state index is 12.4. The Morgan fingerprint density at radius 2 is 1.97 bits per heavy atom. The van der Waals surface area contributed by atoms with Crippen molar-refractivity contribution in [2.24, 2.45) is 0 Å². The highest BCUT2D eigenvalue weighted by Gasteiger charge is 2.29. The highest BCUT2D eigenvalue weighted by Crippen LogP contribution is 2.30. The highest BCUT2D eigenvalue weighted by molar-refractivity contribution is 8.13. The number of esters is 1. The Hall–Kier alpha value is -2.02. The number of fused-ring (bicyclic) bond motifs is 1. The van der Waals surface area contributed by atoms with Crippen molar-refractivity contribution in [1.29, 1.82) is 5.41 Å². The Morgan fingerprint density at radius 1 is 1.24 bits per heavy atom. The van der Waals surface area contributed by atoms with Gasteiger partial charge in [0.2, 0.25) is 0 Å². The molecule has 1 aromatic rings. The zero-order valence-electron chi connectivity index (χ0n) is 17.8. The van der Waals surface area contributed by atoms with E-state index >= 15 is 0 Å². The monoisotopic (exact) mass is 420 g/mol. The molecule has 1 aromatic carbocycles. The lowest BCUT2D eigenvalue weighted by Gasteiger charge is -2.19. The molecular weight excluding hydrogens is 388 g/mol. The summed E-state index contributed by atoms with van der Waals surface area (Å²) in [7, 11) is 0. The van der Waals surface area contributed by atoms with Gasteiger partial charge in [-0.15, -0.1) is 11.8 Å². The van der Waals surface area contributed by atoms with Crippen molar-refractivity contribution in [3.63, 3.8) is 0 Å². The average Bonchev–Trinajstić information content (AvgIpc) is 3.08. The molecule has 1 unspecified atom stereocenters.